The maximum atomic E-state index is 12.7. The van der Waals surface area contributed by atoms with Crippen molar-refractivity contribution in [1.29, 1.82) is 0 Å². The molecule has 0 amide bonds. The Morgan fingerprint density at radius 3 is 2.08 bits per heavy atom. The van der Waals surface area contributed by atoms with Crippen LogP contribution in [-0.2, 0) is 20.8 Å². The van der Waals surface area contributed by atoms with Crippen LogP contribution in [0.1, 0.15) is 140 Å². The maximum absolute atomic E-state index is 12.7. The molecular weight excluding hydrogens is 472 g/mol. The lowest BCUT2D eigenvalue weighted by atomic mass is 9.72. The number of benzene rings is 1. The molecule has 1 saturated carbocycles. The van der Waals surface area contributed by atoms with Crippen molar-refractivity contribution in [3.63, 3.8) is 0 Å². The molecule has 2 aliphatic rings. The summed E-state index contributed by atoms with van der Waals surface area (Å²) in [4.78, 5) is 47.2. The fraction of sp³-hybridized carbons (Fsp3) is 0.706. The first kappa shape index (κ1) is 33.9. The molecule has 4 nitrogen and oxygen atoms in total. The molecule has 3 atom stereocenters. The summed E-state index contributed by atoms with van der Waals surface area (Å²) < 4.78 is 0. The molecule has 38 heavy (non-hydrogen) atoms. The molecule has 1 fully saturated rings. The Labute approximate surface area is 232 Å². The number of aryl methyl sites for hydroxylation is 1. The summed E-state index contributed by atoms with van der Waals surface area (Å²) in [5.41, 5.74) is 3.14. The van der Waals surface area contributed by atoms with E-state index in [1.54, 1.807) is 6.92 Å². The number of Topliss-reactive ketones (excluding diaryl/α,β-unsaturated/α-hetero) is 4. The highest BCUT2D eigenvalue weighted by atomic mass is 16.1. The van der Waals surface area contributed by atoms with Crippen molar-refractivity contribution >= 4 is 23.1 Å². The minimum Gasteiger partial charge on any atom is -0.300 e. The third kappa shape index (κ3) is 11.7. The monoisotopic (exact) mass is 526 g/mol. The van der Waals surface area contributed by atoms with E-state index in [9.17, 15) is 19.2 Å². The fourth-order valence-corrected chi connectivity index (χ4v) is 6.32. The van der Waals surface area contributed by atoms with Gasteiger partial charge in [0, 0.05) is 24.3 Å². The Bertz CT molecular complexity index is 894. The summed E-state index contributed by atoms with van der Waals surface area (Å²) in [6.45, 7) is 13.6. The average molecular weight is 527 g/mol. The van der Waals surface area contributed by atoms with E-state index in [0.29, 0.717) is 18.1 Å². The van der Waals surface area contributed by atoms with Gasteiger partial charge in [-0.15, -0.1) is 0 Å². The maximum Gasteiger partial charge on any atom is 0.163 e. The van der Waals surface area contributed by atoms with Gasteiger partial charge in [0.15, 0.2) is 5.78 Å². The van der Waals surface area contributed by atoms with Gasteiger partial charge >= 0.3 is 0 Å². The molecule has 3 rings (SSSR count). The zero-order valence-electron chi connectivity index (χ0n) is 25.4. The predicted molar refractivity (Wildman–Crippen MR) is 158 cm³/mol. The SMILES string of the molecule is CC(=O)CC1CCCC1.CCC.CCCC(CC1CC(=O)c2c(C)cccc2C1)C(CC)C(=O)CC(C)=O. The molecule has 0 bridgehead atoms. The van der Waals surface area contributed by atoms with Gasteiger partial charge in [-0.1, -0.05) is 90.8 Å². The van der Waals surface area contributed by atoms with Crippen molar-refractivity contribution in [2.24, 2.45) is 23.7 Å². The van der Waals surface area contributed by atoms with Crippen LogP contribution in [0, 0.1) is 30.6 Å². The van der Waals surface area contributed by atoms with E-state index in [1.807, 2.05) is 26.0 Å². The molecule has 0 aliphatic heterocycles. The van der Waals surface area contributed by atoms with Crippen LogP contribution in [0.3, 0.4) is 0 Å². The van der Waals surface area contributed by atoms with Crippen molar-refractivity contribution in [2.75, 3.05) is 0 Å². The van der Waals surface area contributed by atoms with Crippen molar-refractivity contribution < 1.29 is 19.2 Å². The quantitative estimate of drug-likeness (QED) is 0.270. The number of carbonyl (C=O) groups is 4. The molecule has 2 aliphatic carbocycles. The van der Waals surface area contributed by atoms with Gasteiger partial charge in [0.05, 0.1) is 6.42 Å². The van der Waals surface area contributed by atoms with Gasteiger partial charge in [-0.25, -0.2) is 0 Å². The van der Waals surface area contributed by atoms with E-state index in [1.165, 1.54) is 39.0 Å². The van der Waals surface area contributed by atoms with Gasteiger partial charge in [-0.3, -0.25) is 14.4 Å². The van der Waals surface area contributed by atoms with Crippen molar-refractivity contribution in [3.8, 4) is 0 Å². The lowest BCUT2D eigenvalue weighted by Crippen LogP contribution is -2.29. The van der Waals surface area contributed by atoms with Crippen LogP contribution in [0.15, 0.2) is 18.2 Å². The smallest absolute Gasteiger partial charge is 0.163 e. The Morgan fingerprint density at radius 1 is 0.921 bits per heavy atom. The van der Waals surface area contributed by atoms with Gasteiger partial charge in [-0.2, -0.15) is 0 Å². The number of hydrogen-bond acceptors (Lipinski definition) is 4. The van der Waals surface area contributed by atoms with Gasteiger partial charge in [0.1, 0.15) is 17.3 Å². The second kappa shape index (κ2) is 18.2. The first-order chi connectivity index (χ1) is 18.1. The van der Waals surface area contributed by atoms with E-state index in [2.05, 4.69) is 26.8 Å². The van der Waals surface area contributed by atoms with Gasteiger partial charge in [-0.05, 0) is 68.9 Å². The minimum atomic E-state index is -0.0622. The van der Waals surface area contributed by atoms with Gasteiger partial charge < -0.3 is 4.79 Å². The first-order valence-corrected chi connectivity index (χ1v) is 15.2. The lowest BCUT2D eigenvalue weighted by molar-refractivity contribution is -0.130. The summed E-state index contributed by atoms with van der Waals surface area (Å²) in [5.74, 6) is 1.87. The average Bonchev–Trinajstić information content (AvgIpc) is 3.32. The molecule has 3 unspecified atom stereocenters. The second-order valence-corrected chi connectivity index (χ2v) is 11.7. The normalized spacial score (nSPS) is 18.3. The fourth-order valence-electron chi connectivity index (χ4n) is 6.32. The molecule has 0 radical (unpaired) electrons. The van der Waals surface area contributed by atoms with E-state index >= 15 is 0 Å². The molecule has 4 heteroatoms. The molecule has 0 spiro atoms. The Hall–Kier alpha value is -2.10. The highest BCUT2D eigenvalue weighted by Crippen LogP contribution is 2.36. The summed E-state index contributed by atoms with van der Waals surface area (Å²) in [6.07, 6.45) is 12.6. The van der Waals surface area contributed by atoms with Crippen LogP contribution in [-0.4, -0.2) is 23.1 Å². The highest BCUT2D eigenvalue weighted by Gasteiger charge is 2.32. The van der Waals surface area contributed by atoms with Crippen LogP contribution in [0.2, 0.25) is 0 Å². The molecule has 0 N–H and O–H groups in total. The second-order valence-electron chi connectivity index (χ2n) is 11.7. The number of carbonyl (C=O) groups excluding carboxylic acids is 4. The van der Waals surface area contributed by atoms with Crippen molar-refractivity contribution in [1.82, 2.24) is 0 Å². The Kier molecular flexibility index (Phi) is 16.3. The number of ketones is 4. The number of rotatable bonds is 11. The molecule has 0 heterocycles. The van der Waals surface area contributed by atoms with Crippen LogP contribution in [0.4, 0.5) is 0 Å². The largest absolute Gasteiger partial charge is 0.300 e. The Morgan fingerprint density at radius 2 is 1.55 bits per heavy atom. The highest BCUT2D eigenvalue weighted by molar-refractivity contribution is 6.00. The molecule has 0 aromatic heterocycles. The molecule has 0 saturated heterocycles. The Balaban J connectivity index is 0.000000497. The van der Waals surface area contributed by atoms with Gasteiger partial charge in [0.25, 0.3) is 0 Å². The first-order valence-electron chi connectivity index (χ1n) is 15.2. The van der Waals surface area contributed by atoms with E-state index in [-0.39, 0.29) is 35.6 Å². The molecule has 1 aromatic carbocycles. The van der Waals surface area contributed by atoms with Gasteiger partial charge in [0.2, 0.25) is 0 Å². The number of hydrogen-bond donors (Lipinski definition) is 0. The van der Waals surface area contributed by atoms with Crippen molar-refractivity contribution in [2.45, 2.75) is 132 Å². The molecule has 214 valence electrons. The third-order valence-electron chi connectivity index (χ3n) is 7.81. The predicted octanol–water partition coefficient (Wildman–Crippen LogP) is 8.69. The van der Waals surface area contributed by atoms with Crippen LogP contribution < -0.4 is 0 Å². The third-order valence-corrected chi connectivity index (χ3v) is 7.81. The topological polar surface area (TPSA) is 68.3 Å². The van der Waals surface area contributed by atoms with E-state index in [0.717, 1.165) is 61.1 Å². The molecule has 1 aromatic rings. The number of fused-ring (bicyclic) bond motifs is 1. The summed E-state index contributed by atoms with van der Waals surface area (Å²) >= 11 is 0. The van der Waals surface area contributed by atoms with E-state index in [4.69, 9.17) is 0 Å². The minimum absolute atomic E-state index is 0.0460. The zero-order chi connectivity index (χ0) is 28.7. The standard InChI is InChI=1S/C23H32O3.C8H14O.C3H8/c1-5-8-18(20(6-2)21(25)11-16(4)24)12-17-13-19-10-7-9-15(3)23(19)22(26)14-17;1-7(9)6-8-4-2-3-5-8;1-3-2/h7,9-10,17-18,20H,5-6,8,11-14H2,1-4H3;8H,2-6H2,1H3;3H2,1-2H3. The van der Waals surface area contributed by atoms with Crippen LogP contribution in [0.25, 0.3) is 0 Å². The van der Waals surface area contributed by atoms with Crippen LogP contribution in [0.5, 0.6) is 0 Å². The lowest BCUT2D eigenvalue weighted by Gasteiger charge is -2.31. The molecular formula is C34H54O4. The summed E-state index contributed by atoms with van der Waals surface area (Å²) in [7, 11) is 0. The van der Waals surface area contributed by atoms with E-state index < -0.39 is 0 Å². The van der Waals surface area contributed by atoms with Crippen molar-refractivity contribution in [3.05, 3.63) is 34.9 Å². The zero-order valence-corrected chi connectivity index (χ0v) is 25.4. The summed E-state index contributed by atoms with van der Waals surface area (Å²) in [5, 5.41) is 0. The van der Waals surface area contributed by atoms with Crippen LogP contribution >= 0.6 is 0 Å². The summed E-state index contributed by atoms with van der Waals surface area (Å²) in [6, 6.07) is 6.10.